The Hall–Kier alpha value is -1.19. The van der Waals surface area contributed by atoms with E-state index in [-0.39, 0.29) is 6.54 Å². The number of carboxylic acid groups (broad SMARTS) is 1. The van der Waals surface area contributed by atoms with Crippen molar-refractivity contribution < 1.29 is 9.90 Å². The van der Waals surface area contributed by atoms with E-state index in [0.29, 0.717) is 18.7 Å². The van der Waals surface area contributed by atoms with Crippen LogP contribution in [-0.2, 0) is 28.9 Å². The van der Waals surface area contributed by atoms with Crippen LogP contribution in [0.5, 0.6) is 0 Å². The number of halogens is 1. The van der Waals surface area contributed by atoms with Gasteiger partial charge in [0.05, 0.1) is 6.54 Å². The molecule has 2 aromatic rings. The number of nitrogens with zero attached hydrogens (tertiary/aromatic N) is 1. The zero-order valence-corrected chi connectivity index (χ0v) is 16.5. The van der Waals surface area contributed by atoms with Crippen LogP contribution >= 0.6 is 17.6 Å². The van der Waals surface area contributed by atoms with Gasteiger partial charge in [-0.25, -0.2) is 0 Å². The maximum Gasteiger partial charge on any atom is 0.317 e. The Morgan fingerprint density at radius 2 is 1.48 bits per heavy atom. The first kappa shape index (κ1) is 20.1. The summed E-state index contributed by atoms with van der Waals surface area (Å²) in [4.78, 5) is 13.1. The lowest BCUT2D eigenvalue weighted by molar-refractivity contribution is -0.138. The van der Waals surface area contributed by atoms with Crippen LogP contribution in [0.3, 0.4) is 0 Å². The quantitative estimate of drug-likeness (QED) is 0.476. The molecule has 25 heavy (non-hydrogen) atoms. The summed E-state index contributed by atoms with van der Waals surface area (Å²) in [5, 5.41) is 9.18. The van der Waals surface area contributed by atoms with Crippen LogP contribution in [0.4, 0.5) is 0 Å². The summed E-state index contributed by atoms with van der Waals surface area (Å²) in [7, 11) is 0. The van der Waals surface area contributed by atoms with Gasteiger partial charge in [0, 0.05) is 31.0 Å². The van der Waals surface area contributed by atoms with Crippen LogP contribution in [0.1, 0.15) is 11.1 Å². The van der Waals surface area contributed by atoms with Crippen molar-refractivity contribution in [3.8, 4) is 0 Å². The van der Waals surface area contributed by atoms with Gasteiger partial charge in [0.1, 0.15) is 0 Å². The first-order valence-corrected chi connectivity index (χ1v) is 12.0. The second-order valence-electron chi connectivity index (χ2n) is 6.12. The van der Waals surface area contributed by atoms with E-state index in [2.05, 4.69) is 24.3 Å². The Bertz CT molecular complexity index is 666. The molecule has 0 atom stereocenters. The van der Waals surface area contributed by atoms with Gasteiger partial charge in [0.25, 0.3) is 0 Å². The summed E-state index contributed by atoms with van der Waals surface area (Å²) in [5.74, 6) is -0.440. The molecular formula is C19H23ClNO2PS. The molecule has 0 aliphatic rings. The van der Waals surface area contributed by atoms with Gasteiger partial charge in [-0.2, -0.15) is 0 Å². The highest BCUT2D eigenvalue weighted by atomic mass is 35.5. The van der Waals surface area contributed by atoms with Gasteiger partial charge < -0.3 is 5.11 Å². The Morgan fingerprint density at radius 1 is 1.00 bits per heavy atom. The summed E-state index contributed by atoms with van der Waals surface area (Å²) in [5.41, 5.74) is 2.42. The molecule has 2 aromatic carbocycles. The second-order valence-corrected chi connectivity index (χ2v) is 11.9. The minimum absolute atomic E-state index is 0.0192. The molecule has 6 heteroatoms. The topological polar surface area (TPSA) is 40.5 Å². The fraction of sp³-hybridized carbons (Fsp3) is 0.316. The average molecular weight is 396 g/mol. The number of benzene rings is 2. The molecule has 0 unspecified atom stereocenters. The zero-order valence-electron chi connectivity index (χ0n) is 14.1. The SMILES string of the molecule is O=C(O)CN(CCCl)CP(=S)(Cc1ccccc1)Cc1ccccc1. The summed E-state index contributed by atoms with van der Waals surface area (Å²) in [6.07, 6.45) is 2.25. The highest BCUT2D eigenvalue weighted by Crippen LogP contribution is 2.53. The van der Waals surface area contributed by atoms with E-state index in [1.807, 2.05) is 41.3 Å². The van der Waals surface area contributed by atoms with E-state index in [9.17, 15) is 9.90 Å². The Kier molecular flexibility index (Phi) is 8.11. The van der Waals surface area contributed by atoms with E-state index >= 15 is 0 Å². The van der Waals surface area contributed by atoms with Crippen molar-refractivity contribution in [1.82, 2.24) is 4.90 Å². The van der Waals surface area contributed by atoms with E-state index < -0.39 is 12.0 Å². The molecule has 0 spiro atoms. The molecule has 2 rings (SSSR count). The predicted molar refractivity (Wildman–Crippen MR) is 109 cm³/mol. The highest BCUT2D eigenvalue weighted by Gasteiger charge is 2.23. The second kappa shape index (κ2) is 10.1. The largest absolute Gasteiger partial charge is 0.480 e. The summed E-state index contributed by atoms with van der Waals surface area (Å²) in [6.45, 7) is 0.518. The Morgan fingerprint density at radius 3 is 1.88 bits per heavy atom. The molecule has 0 aliphatic carbocycles. The van der Waals surface area contributed by atoms with Crippen molar-refractivity contribution in [1.29, 1.82) is 0 Å². The predicted octanol–water partition coefficient (Wildman–Crippen LogP) is 4.45. The Labute approximate surface area is 159 Å². The number of alkyl halides is 1. The van der Waals surface area contributed by atoms with Gasteiger partial charge in [-0.3, -0.25) is 9.69 Å². The molecule has 0 aromatic heterocycles. The van der Waals surface area contributed by atoms with Crippen molar-refractivity contribution >= 4 is 35.4 Å². The van der Waals surface area contributed by atoms with Gasteiger partial charge in [-0.1, -0.05) is 72.5 Å². The third-order valence-electron chi connectivity index (χ3n) is 3.84. The normalized spacial score (nSPS) is 11.6. The van der Waals surface area contributed by atoms with Crippen LogP contribution in [0.25, 0.3) is 0 Å². The van der Waals surface area contributed by atoms with Gasteiger partial charge in [0.2, 0.25) is 0 Å². The zero-order chi connectivity index (χ0) is 18.1. The van der Waals surface area contributed by atoms with E-state index in [0.717, 1.165) is 12.3 Å². The lowest BCUT2D eigenvalue weighted by atomic mass is 10.2. The number of aliphatic carboxylic acids is 1. The summed E-state index contributed by atoms with van der Waals surface area (Å²) in [6, 6.07) is 18.6. The molecule has 0 radical (unpaired) electrons. The van der Waals surface area contributed by atoms with Gasteiger partial charge in [0.15, 0.2) is 0 Å². The fourth-order valence-electron chi connectivity index (χ4n) is 2.86. The Balaban J connectivity index is 2.23. The lowest BCUT2D eigenvalue weighted by Crippen LogP contribution is -2.32. The number of carbonyl (C=O) groups is 1. The minimum Gasteiger partial charge on any atom is -0.480 e. The van der Waals surface area contributed by atoms with E-state index in [4.69, 9.17) is 23.4 Å². The number of rotatable bonds is 10. The summed E-state index contributed by atoms with van der Waals surface area (Å²) < 4.78 is 0. The van der Waals surface area contributed by atoms with Crippen molar-refractivity contribution in [3.05, 3.63) is 71.8 Å². The van der Waals surface area contributed by atoms with Crippen molar-refractivity contribution in [2.24, 2.45) is 0 Å². The first-order chi connectivity index (χ1) is 12.0. The average Bonchev–Trinajstić information content (AvgIpc) is 2.56. The molecule has 0 bridgehead atoms. The van der Waals surface area contributed by atoms with Crippen molar-refractivity contribution in [3.63, 3.8) is 0 Å². The van der Waals surface area contributed by atoms with Crippen LogP contribution in [0.2, 0.25) is 0 Å². The van der Waals surface area contributed by atoms with E-state index in [1.165, 1.54) is 11.1 Å². The van der Waals surface area contributed by atoms with E-state index in [1.54, 1.807) is 0 Å². The molecular weight excluding hydrogens is 373 g/mol. The maximum atomic E-state index is 11.2. The molecule has 0 aliphatic heterocycles. The smallest absolute Gasteiger partial charge is 0.317 e. The maximum absolute atomic E-state index is 11.2. The number of hydrogen-bond acceptors (Lipinski definition) is 3. The minimum atomic E-state index is -1.87. The fourth-order valence-corrected chi connectivity index (χ4v) is 7.52. The van der Waals surface area contributed by atoms with Crippen LogP contribution < -0.4 is 0 Å². The molecule has 134 valence electrons. The number of carboxylic acids is 1. The van der Waals surface area contributed by atoms with Gasteiger partial charge >= 0.3 is 5.97 Å². The molecule has 0 amide bonds. The third kappa shape index (κ3) is 7.29. The molecule has 3 nitrogen and oxygen atoms in total. The first-order valence-electron chi connectivity index (χ1n) is 8.16. The van der Waals surface area contributed by atoms with Gasteiger partial charge in [-0.05, 0) is 17.2 Å². The van der Waals surface area contributed by atoms with Gasteiger partial charge in [-0.15, -0.1) is 11.6 Å². The van der Waals surface area contributed by atoms with Crippen LogP contribution in [0, 0.1) is 0 Å². The van der Waals surface area contributed by atoms with Crippen molar-refractivity contribution in [2.45, 2.75) is 12.3 Å². The summed E-state index contributed by atoms with van der Waals surface area (Å²) >= 11 is 12.0. The molecule has 0 saturated carbocycles. The lowest BCUT2D eigenvalue weighted by Gasteiger charge is -2.29. The molecule has 0 saturated heterocycles. The molecule has 1 N–H and O–H groups in total. The molecule has 0 heterocycles. The van der Waals surface area contributed by atoms with Crippen molar-refractivity contribution in [2.75, 3.05) is 25.3 Å². The monoisotopic (exact) mass is 395 g/mol. The highest BCUT2D eigenvalue weighted by molar-refractivity contribution is 8.13. The number of hydrogen-bond donors (Lipinski definition) is 1. The van der Waals surface area contributed by atoms with Crippen LogP contribution in [0.15, 0.2) is 60.7 Å². The van der Waals surface area contributed by atoms with Crippen LogP contribution in [-0.4, -0.2) is 41.2 Å². The third-order valence-corrected chi connectivity index (χ3v) is 7.93. The standard InChI is InChI=1S/C19H23ClNO2PS/c20-11-12-21(13-19(22)23)16-24(25,14-17-7-3-1-4-8-17)15-18-9-5-2-6-10-18/h1-10H,11-16H2,(H,22,23). The molecule has 0 fully saturated rings.